The van der Waals surface area contributed by atoms with Crippen molar-refractivity contribution < 1.29 is 4.79 Å². The van der Waals surface area contributed by atoms with E-state index >= 15 is 0 Å². The van der Waals surface area contributed by atoms with E-state index in [1.807, 2.05) is 37.6 Å². The third-order valence-electron chi connectivity index (χ3n) is 4.58. The van der Waals surface area contributed by atoms with Crippen molar-refractivity contribution in [3.8, 4) is 0 Å². The molecule has 0 spiro atoms. The second kappa shape index (κ2) is 8.83. The van der Waals surface area contributed by atoms with Crippen LogP contribution in [0.15, 0.2) is 41.1 Å². The highest BCUT2D eigenvalue weighted by atomic mass is 79.9. The van der Waals surface area contributed by atoms with Crippen molar-refractivity contribution in [3.63, 3.8) is 0 Å². The van der Waals surface area contributed by atoms with Crippen LogP contribution < -0.4 is 10.6 Å². The van der Waals surface area contributed by atoms with Gasteiger partial charge in [-0.1, -0.05) is 34.1 Å². The quantitative estimate of drug-likeness (QED) is 0.771. The summed E-state index contributed by atoms with van der Waals surface area (Å²) in [6.45, 7) is 3.59. The predicted octanol–water partition coefficient (Wildman–Crippen LogP) is 2.65. The second-order valence-electron chi connectivity index (χ2n) is 6.52. The zero-order chi connectivity index (χ0) is 17.1. The van der Waals surface area contributed by atoms with E-state index in [9.17, 15) is 4.79 Å². The monoisotopic (exact) mass is 426 g/mol. The first-order valence-corrected chi connectivity index (χ1v) is 9.07. The van der Waals surface area contributed by atoms with Gasteiger partial charge in [0.05, 0.1) is 12.1 Å². The number of hydrogen-bond acceptors (Lipinski definition) is 3. The van der Waals surface area contributed by atoms with E-state index < -0.39 is 0 Å². The summed E-state index contributed by atoms with van der Waals surface area (Å²) >= 11 is 3.57. The molecular formula is C18H24BrClN4O. The lowest BCUT2D eigenvalue weighted by atomic mass is 9.90. The van der Waals surface area contributed by atoms with Gasteiger partial charge in [0.2, 0.25) is 5.91 Å². The molecule has 2 aromatic rings. The molecule has 7 heteroatoms. The predicted molar refractivity (Wildman–Crippen MR) is 105 cm³/mol. The van der Waals surface area contributed by atoms with E-state index in [1.165, 1.54) is 5.56 Å². The minimum absolute atomic E-state index is 0. The summed E-state index contributed by atoms with van der Waals surface area (Å²) < 4.78 is 2.87. The molecule has 3 atom stereocenters. The Hall–Kier alpha value is -1.37. The standard InChI is InChI=1S/C18H23BrN4O.ClH/c1-12(7-13-5-3-4-6-17(13)19)22-18(24)16-10-20-9-15(16)14-8-21-23(2)11-14;/h3-6,8,11-12,15-16,20H,7,9-10H2,1-2H3,(H,22,24);1H/t12?,15-,16+;/m1./s1. The Bertz CT molecular complexity index is 721. The van der Waals surface area contributed by atoms with Gasteiger partial charge in [-0.2, -0.15) is 5.10 Å². The van der Waals surface area contributed by atoms with Crippen LogP contribution in [0.1, 0.15) is 24.0 Å². The second-order valence-corrected chi connectivity index (χ2v) is 7.38. The molecule has 0 saturated carbocycles. The molecular weight excluding hydrogens is 404 g/mol. The number of nitrogens with zero attached hydrogens (tertiary/aromatic N) is 2. The van der Waals surface area contributed by atoms with Crippen LogP contribution in [0.4, 0.5) is 0 Å². The highest BCUT2D eigenvalue weighted by Gasteiger charge is 2.35. The molecule has 1 unspecified atom stereocenters. The Morgan fingerprint density at radius 3 is 2.88 bits per heavy atom. The van der Waals surface area contributed by atoms with Gasteiger partial charge in [-0.25, -0.2) is 0 Å². The smallest absolute Gasteiger partial charge is 0.225 e. The molecule has 136 valence electrons. The fourth-order valence-electron chi connectivity index (χ4n) is 3.33. The maximum absolute atomic E-state index is 12.7. The number of aryl methyl sites for hydroxylation is 1. The number of nitrogens with one attached hydrogen (secondary N) is 2. The molecule has 1 aliphatic heterocycles. The number of hydrogen-bond donors (Lipinski definition) is 2. The van der Waals surface area contributed by atoms with Crippen molar-refractivity contribution in [2.75, 3.05) is 13.1 Å². The van der Waals surface area contributed by atoms with Crippen molar-refractivity contribution in [1.29, 1.82) is 0 Å². The van der Waals surface area contributed by atoms with E-state index in [1.54, 1.807) is 4.68 Å². The molecule has 0 bridgehead atoms. The van der Waals surface area contributed by atoms with Crippen LogP contribution >= 0.6 is 28.3 Å². The van der Waals surface area contributed by atoms with Crippen molar-refractivity contribution in [3.05, 3.63) is 52.3 Å². The molecule has 1 aliphatic rings. The lowest BCUT2D eigenvalue weighted by Crippen LogP contribution is -2.40. The summed E-state index contributed by atoms with van der Waals surface area (Å²) in [7, 11) is 1.90. The summed E-state index contributed by atoms with van der Waals surface area (Å²) in [5.74, 6) is 0.263. The zero-order valence-corrected chi connectivity index (χ0v) is 16.8. The minimum Gasteiger partial charge on any atom is -0.353 e. The maximum Gasteiger partial charge on any atom is 0.225 e. The van der Waals surface area contributed by atoms with Crippen LogP contribution in [0.3, 0.4) is 0 Å². The summed E-state index contributed by atoms with van der Waals surface area (Å²) in [5.41, 5.74) is 2.33. The highest BCUT2D eigenvalue weighted by molar-refractivity contribution is 9.10. The summed E-state index contributed by atoms with van der Waals surface area (Å²) in [5, 5.41) is 10.7. The number of carbonyl (C=O) groups is 1. The molecule has 0 aliphatic carbocycles. The fraction of sp³-hybridized carbons (Fsp3) is 0.444. The summed E-state index contributed by atoms with van der Waals surface area (Å²) in [4.78, 5) is 12.7. The molecule has 0 radical (unpaired) electrons. The molecule has 2 heterocycles. The third-order valence-corrected chi connectivity index (χ3v) is 5.35. The number of aromatic nitrogens is 2. The van der Waals surface area contributed by atoms with E-state index in [2.05, 4.69) is 44.7 Å². The number of halogens is 2. The van der Waals surface area contributed by atoms with Crippen LogP contribution in [0.2, 0.25) is 0 Å². The van der Waals surface area contributed by atoms with E-state index in [-0.39, 0.29) is 36.2 Å². The topological polar surface area (TPSA) is 59.0 Å². The first-order valence-electron chi connectivity index (χ1n) is 8.27. The molecule has 1 aromatic heterocycles. The molecule has 1 saturated heterocycles. The lowest BCUT2D eigenvalue weighted by Gasteiger charge is -2.21. The van der Waals surface area contributed by atoms with Gasteiger partial charge in [0.1, 0.15) is 0 Å². The molecule has 1 fully saturated rings. The average molecular weight is 428 g/mol. The van der Waals surface area contributed by atoms with Gasteiger partial charge in [-0.3, -0.25) is 9.48 Å². The van der Waals surface area contributed by atoms with Crippen LogP contribution in [-0.2, 0) is 18.3 Å². The molecule has 1 aromatic carbocycles. The number of carbonyl (C=O) groups excluding carboxylic acids is 1. The molecule has 1 amide bonds. The number of benzene rings is 1. The van der Waals surface area contributed by atoms with Gasteiger partial charge in [0, 0.05) is 42.8 Å². The van der Waals surface area contributed by atoms with Gasteiger partial charge in [-0.05, 0) is 30.5 Å². The maximum atomic E-state index is 12.7. The Kier molecular flexibility index (Phi) is 7.04. The molecule has 2 N–H and O–H groups in total. The largest absolute Gasteiger partial charge is 0.353 e. The lowest BCUT2D eigenvalue weighted by molar-refractivity contribution is -0.125. The van der Waals surface area contributed by atoms with Gasteiger partial charge < -0.3 is 10.6 Å². The molecule has 25 heavy (non-hydrogen) atoms. The van der Waals surface area contributed by atoms with Crippen LogP contribution in [0.25, 0.3) is 0 Å². The highest BCUT2D eigenvalue weighted by Crippen LogP contribution is 2.28. The van der Waals surface area contributed by atoms with Crippen molar-refractivity contribution >= 4 is 34.2 Å². The first kappa shape index (κ1) is 19.9. The normalized spacial score (nSPS) is 20.8. The van der Waals surface area contributed by atoms with Gasteiger partial charge in [-0.15, -0.1) is 12.4 Å². The summed E-state index contributed by atoms with van der Waals surface area (Å²) in [6, 6.07) is 8.23. The van der Waals surface area contributed by atoms with Crippen molar-refractivity contribution in [1.82, 2.24) is 20.4 Å². The Morgan fingerprint density at radius 1 is 1.44 bits per heavy atom. The Labute approximate surface area is 163 Å². The van der Waals surface area contributed by atoms with Crippen molar-refractivity contribution in [2.24, 2.45) is 13.0 Å². The fourth-order valence-corrected chi connectivity index (χ4v) is 3.78. The zero-order valence-electron chi connectivity index (χ0n) is 14.4. The van der Waals surface area contributed by atoms with Gasteiger partial charge >= 0.3 is 0 Å². The number of amides is 1. The average Bonchev–Trinajstić information content (AvgIpc) is 3.18. The van der Waals surface area contributed by atoms with E-state index in [4.69, 9.17) is 0 Å². The van der Waals surface area contributed by atoms with E-state index in [0.29, 0.717) is 6.54 Å². The van der Waals surface area contributed by atoms with Crippen molar-refractivity contribution in [2.45, 2.75) is 25.3 Å². The third kappa shape index (κ3) is 4.84. The van der Waals surface area contributed by atoms with Gasteiger partial charge in [0.15, 0.2) is 0 Å². The van der Waals surface area contributed by atoms with Crippen LogP contribution in [-0.4, -0.2) is 34.8 Å². The Balaban J connectivity index is 0.00000225. The number of rotatable bonds is 5. The molecule has 5 nitrogen and oxygen atoms in total. The van der Waals surface area contributed by atoms with Gasteiger partial charge in [0.25, 0.3) is 0 Å². The summed E-state index contributed by atoms with van der Waals surface area (Å²) in [6.07, 6.45) is 4.68. The SMILES string of the molecule is CC(Cc1ccccc1Br)NC(=O)[C@H]1CNC[C@@H]1c1cnn(C)c1.Cl. The first-order chi connectivity index (χ1) is 11.5. The van der Waals surface area contributed by atoms with E-state index in [0.717, 1.165) is 23.0 Å². The van der Waals surface area contributed by atoms with Crippen LogP contribution in [0.5, 0.6) is 0 Å². The molecule has 3 rings (SSSR count). The minimum atomic E-state index is -0.0455. The van der Waals surface area contributed by atoms with Crippen LogP contribution in [0, 0.1) is 5.92 Å². The Morgan fingerprint density at radius 2 is 2.20 bits per heavy atom.